The van der Waals surface area contributed by atoms with Crippen molar-refractivity contribution in [3.05, 3.63) is 0 Å². The Hall–Kier alpha value is -0.690. The molecule has 0 amide bonds. The van der Waals surface area contributed by atoms with Crippen molar-refractivity contribution in [1.29, 1.82) is 0 Å². The van der Waals surface area contributed by atoms with Crippen LogP contribution in [0.25, 0.3) is 0 Å². The smallest absolute Gasteiger partial charge is 0.302 e. The van der Waals surface area contributed by atoms with E-state index in [9.17, 15) is 24.9 Å². The summed E-state index contributed by atoms with van der Waals surface area (Å²) < 4.78 is 4.81. The van der Waals surface area contributed by atoms with Crippen molar-refractivity contribution in [2.24, 2.45) is 23.7 Å². The quantitative estimate of drug-likeness (QED) is 0.506. The molecule has 2 saturated carbocycles. The Labute approximate surface area is 147 Å². The van der Waals surface area contributed by atoms with E-state index in [2.05, 4.69) is 0 Å². The van der Waals surface area contributed by atoms with Gasteiger partial charge in [0.15, 0.2) is 0 Å². The molecule has 24 heavy (non-hydrogen) atoms. The van der Waals surface area contributed by atoms with Crippen molar-refractivity contribution in [3.63, 3.8) is 0 Å². The highest BCUT2D eigenvalue weighted by Gasteiger charge is 2.60. The number of aliphatic hydroxyl groups is 3. The lowest BCUT2D eigenvalue weighted by Crippen LogP contribution is -2.66. The monoisotopic (exact) mass is 362 g/mol. The number of hydrogen-bond donors (Lipinski definition) is 3. The Balaban J connectivity index is 2.25. The zero-order valence-corrected chi connectivity index (χ0v) is 15.1. The first-order chi connectivity index (χ1) is 11.1. The van der Waals surface area contributed by atoms with Gasteiger partial charge in [0.25, 0.3) is 0 Å². The molecule has 0 aromatic carbocycles. The maximum atomic E-state index is 12.7. The zero-order valence-electron chi connectivity index (χ0n) is 14.3. The van der Waals surface area contributed by atoms with Crippen molar-refractivity contribution in [2.45, 2.75) is 63.2 Å². The number of carbonyl (C=O) groups is 2. The number of alkyl halides is 1. The summed E-state index contributed by atoms with van der Waals surface area (Å²) >= 11 is 6.35. The molecule has 0 radical (unpaired) electrons. The molecule has 0 bridgehead atoms. The van der Waals surface area contributed by atoms with Gasteiger partial charge in [-0.25, -0.2) is 0 Å². The SMILES string of the molecule is CC(=O)OCCC(=O)[C@@H]1[C@H]2CC[C@H](C)[C@@H](O)[C@@H]2[C@H](Cl)[C@@H](O)[C@@]1(C)O. The van der Waals surface area contributed by atoms with E-state index in [-0.39, 0.29) is 30.6 Å². The molecule has 0 saturated heterocycles. The normalized spacial score (nSPS) is 45.4. The average Bonchev–Trinajstić information content (AvgIpc) is 2.48. The first kappa shape index (κ1) is 19.6. The molecule has 0 aromatic rings. The molecule has 2 aliphatic carbocycles. The van der Waals surface area contributed by atoms with Gasteiger partial charge in [-0.05, 0) is 31.6 Å². The minimum Gasteiger partial charge on any atom is -0.465 e. The summed E-state index contributed by atoms with van der Waals surface area (Å²) in [4.78, 5) is 23.6. The highest BCUT2D eigenvalue weighted by Crippen LogP contribution is 2.51. The molecule has 6 nitrogen and oxygen atoms in total. The van der Waals surface area contributed by atoms with Crippen molar-refractivity contribution in [1.82, 2.24) is 0 Å². The molecule has 0 unspecified atom stereocenters. The number of aliphatic hydroxyl groups excluding tert-OH is 2. The summed E-state index contributed by atoms with van der Waals surface area (Å²) in [6, 6.07) is 0. The lowest BCUT2D eigenvalue weighted by atomic mass is 9.55. The largest absolute Gasteiger partial charge is 0.465 e. The van der Waals surface area contributed by atoms with Crippen LogP contribution in [-0.4, -0.2) is 56.9 Å². The number of fused-ring (bicyclic) bond motifs is 1. The Kier molecular flexibility index (Phi) is 5.95. The molecule has 2 rings (SSSR count). The van der Waals surface area contributed by atoms with Crippen LogP contribution >= 0.6 is 11.6 Å². The van der Waals surface area contributed by atoms with Gasteiger partial charge in [0.1, 0.15) is 5.78 Å². The molecular formula is C17H27ClO6. The third kappa shape index (κ3) is 3.47. The van der Waals surface area contributed by atoms with Gasteiger partial charge in [0, 0.05) is 19.3 Å². The van der Waals surface area contributed by atoms with Crippen LogP contribution in [0.4, 0.5) is 0 Å². The second kappa shape index (κ2) is 7.28. The standard InChI is InChI=1S/C17H27ClO6/c1-8-4-5-10-12(15(8)21)14(18)16(22)17(3,23)13(10)11(20)6-7-24-9(2)19/h8,10,12-16,21-23H,4-7H2,1-3H3/t8-,10-,12-,13-,14-,15+,16+,17-/m0/s1. The van der Waals surface area contributed by atoms with Gasteiger partial charge in [0.05, 0.1) is 35.7 Å². The maximum absolute atomic E-state index is 12.7. The van der Waals surface area contributed by atoms with Gasteiger partial charge < -0.3 is 20.1 Å². The predicted octanol–water partition coefficient (Wildman–Crippen LogP) is 0.881. The van der Waals surface area contributed by atoms with E-state index in [0.717, 1.165) is 6.42 Å². The Morgan fingerprint density at radius 3 is 2.50 bits per heavy atom. The second-order valence-electron chi connectivity index (χ2n) is 7.44. The summed E-state index contributed by atoms with van der Waals surface area (Å²) in [6.07, 6.45) is -0.691. The number of ether oxygens (including phenoxy) is 1. The summed E-state index contributed by atoms with van der Waals surface area (Å²) in [5.74, 6) is -2.32. The third-order valence-electron chi connectivity index (χ3n) is 5.75. The van der Waals surface area contributed by atoms with Gasteiger partial charge >= 0.3 is 5.97 Å². The second-order valence-corrected chi connectivity index (χ2v) is 7.94. The minimum absolute atomic E-state index is 0.0274. The molecule has 0 spiro atoms. The molecule has 138 valence electrons. The van der Waals surface area contributed by atoms with Crippen molar-refractivity contribution < 1.29 is 29.6 Å². The highest BCUT2D eigenvalue weighted by atomic mass is 35.5. The molecule has 2 fully saturated rings. The van der Waals surface area contributed by atoms with Crippen LogP contribution in [0.15, 0.2) is 0 Å². The Bertz CT molecular complexity index is 493. The molecule has 7 heteroatoms. The van der Waals surface area contributed by atoms with E-state index in [0.29, 0.717) is 6.42 Å². The summed E-state index contributed by atoms with van der Waals surface area (Å²) in [5.41, 5.74) is -1.68. The topological polar surface area (TPSA) is 104 Å². The lowest BCUT2D eigenvalue weighted by Gasteiger charge is -2.55. The fraction of sp³-hybridized carbons (Fsp3) is 0.882. The summed E-state index contributed by atoms with van der Waals surface area (Å²) in [6.45, 7) is 4.54. The van der Waals surface area contributed by atoms with E-state index < -0.39 is 41.0 Å². The van der Waals surface area contributed by atoms with Crippen LogP contribution < -0.4 is 0 Å². The van der Waals surface area contributed by atoms with Gasteiger partial charge in [-0.3, -0.25) is 9.59 Å². The highest BCUT2D eigenvalue weighted by molar-refractivity contribution is 6.21. The number of halogens is 1. The molecule has 3 N–H and O–H groups in total. The molecule has 2 aliphatic rings. The number of carbonyl (C=O) groups excluding carboxylic acids is 2. The number of ketones is 1. The fourth-order valence-corrected chi connectivity index (χ4v) is 5.02. The van der Waals surface area contributed by atoms with Crippen LogP contribution in [0, 0.1) is 23.7 Å². The van der Waals surface area contributed by atoms with E-state index in [1.807, 2.05) is 6.92 Å². The Morgan fingerprint density at radius 2 is 1.92 bits per heavy atom. The molecule has 0 aromatic heterocycles. The summed E-state index contributed by atoms with van der Waals surface area (Å²) in [7, 11) is 0. The molecular weight excluding hydrogens is 336 g/mol. The van der Waals surface area contributed by atoms with Crippen molar-refractivity contribution in [2.75, 3.05) is 6.61 Å². The van der Waals surface area contributed by atoms with Crippen LogP contribution in [-0.2, 0) is 14.3 Å². The average molecular weight is 363 g/mol. The lowest BCUT2D eigenvalue weighted by molar-refractivity contribution is -0.190. The van der Waals surface area contributed by atoms with E-state index >= 15 is 0 Å². The number of rotatable bonds is 4. The van der Waals surface area contributed by atoms with Crippen LogP contribution in [0.2, 0.25) is 0 Å². The third-order valence-corrected chi connectivity index (χ3v) is 6.28. The first-order valence-corrected chi connectivity index (χ1v) is 8.91. The van der Waals surface area contributed by atoms with Crippen LogP contribution in [0.1, 0.15) is 40.0 Å². The van der Waals surface area contributed by atoms with Crippen LogP contribution in [0.3, 0.4) is 0 Å². The van der Waals surface area contributed by atoms with Gasteiger partial charge in [-0.15, -0.1) is 11.6 Å². The Morgan fingerprint density at radius 1 is 1.29 bits per heavy atom. The maximum Gasteiger partial charge on any atom is 0.302 e. The van der Waals surface area contributed by atoms with Crippen molar-refractivity contribution in [3.8, 4) is 0 Å². The van der Waals surface area contributed by atoms with Gasteiger partial charge in [-0.1, -0.05) is 6.92 Å². The summed E-state index contributed by atoms with van der Waals surface area (Å²) in [5, 5.41) is 31.0. The fourth-order valence-electron chi connectivity index (χ4n) is 4.43. The van der Waals surface area contributed by atoms with Gasteiger partial charge in [0.2, 0.25) is 0 Å². The van der Waals surface area contributed by atoms with E-state index in [4.69, 9.17) is 16.3 Å². The number of esters is 1. The van der Waals surface area contributed by atoms with Crippen LogP contribution in [0.5, 0.6) is 0 Å². The molecule has 0 heterocycles. The van der Waals surface area contributed by atoms with Crippen molar-refractivity contribution >= 4 is 23.4 Å². The first-order valence-electron chi connectivity index (χ1n) is 8.47. The minimum atomic E-state index is -1.68. The predicted molar refractivity (Wildman–Crippen MR) is 87.4 cm³/mol. The number of hydrogen-bond acceptors (Lipinski definition) is 6. The van der Waals surface area contributed by atoms with E-state index in [1.54, 1.807) is 0 Å². The molecule has 0 aliphatic heterocycles. The number of Topliss-reactive ketones (excluding diaryl/α,β-unsaturated/α-hetero) is 1. The zero-order chi connectivity index (χ0) is 18.2. The van der Waals surface area contributed by atoms with E-state index in [1.165, 1.54) is 13.8 Å². The molecule has 8 atom stereocenters. The van der Waals surface area contributed by atoms with Gasteiger partial charge in [-0.2, -0.15) is 0 Å².